The van der Waals surface area contributed by atoms with Gasteiger partial charge in [-0.15, -0.1) is 5.10 Å². The molecule has 4 aromatic rings. The molecule has 1 N–H and O–H groups in total. The van der Waals surface area contributed by atoms with Gasteiger partial charge < -0.3 is 9.15 Å². The van der Waals surface area contributed by atoms with E-state index in [9.17, 15) is 13.2 Å². The minimum Gasteiger partial charge on any atom is -0.444 e. The first-order chi connectivity index (χ1) is 16.0. The van der Waals surface area contributed by atoms with Crippen LogP contribution in [-0.2, 0) is 21.3 Å². The highest BCUT2D eigenvalue weighted by atomic mass is 32.2. The van der Waals surface area contributed by atoms with E-state index in [4.69, 9.17) is 9.15 Å². The Bertz CT molecular complexity index is 1420. The molecule has 0 unspecified atom stereocenters. The normalized spacial score (nSPS) is 12.0. The number of aromatic nitrogens is 3. The van der Waals surface area contributed by atoms with Crippen molar-refractivity contribution in [1.29, 1.82) is 0 Å². The summed E-state index contributed by atoms with van der Waals surface area (Å²) in [4.78, 5) is 16.4. The van der Waals surface area contributed by atoms with Crippen LogP contribution in [0.1, 0.15) is 26.3 Å². The van der Waals surface area contributed by atoms with E-state index in [-0.39, 0.29) is 18.5 Å². The molecule has 0 radical (unpaired) electrons. The maximum Gasteiger partial charge on any atom is 0.413 e. The number of fused-ring (bicyclic) bond motifs is 1. The Balaban J connectivity index is 1.58. The number of hydrogen-bond donors (Lipinski definition) is 1. The first-order valence-electron chi connectivity index (χ1n) is 10.2. The molecular weight excluding hydrogens is 478 g/mol. The van der Waals surface area contributed by atoms with Crippen molar-refractivity contribution < 1.29 is 22.4 Å². The van der Waals surface area contributed by atoms with Crippen molar-refractivity contribution in [3.05, 3.63) is 54.1 Å². The van der Waals surface area contributed by atoms with Crippen LogP contribution in [0.3, 0.4) is 0 Å². The zero-order valence-corrected chi connectivity index (χ0v) is 20.6. The highest BCUT2D eigenvalue weighted by molar-refractivity contribution is 7.92. The lowest BCUT2D eigenvalue weighted by Gasteiger charge is -2.18. The predicted molar refractivity (Wildman–Crippen MR) is 130 cm³/mol. The van der Waals surface area contributed by atoms with E-state index in [0.717, 1.165) is 20.8 Å². The molecule has 0 spiro atoms. The lowest BCUT2D eigenvalue weighted by atomic mass is 10.2. The van der Waals surface area contributed by atoms with Crippen molar-refractivity contribution in [2.45, 2.75) is 32.9 Å². The molecular formula is C22H23N5O5S2. The lowest BCUT2D eigenvalue weighted by molar-refractivity contribution is 0.0636. The third-order valence-electron chi connectivity index (χ3n) is 4.44. The summed E-state index contributed by atoms with van der Waals surface area (Å²) in [5.74, 6) is 0.161. The quantitative estimate of drug-likeness (QED) is 0.404. The monoisotopic (exact) mass is 501 g/mol. The number of sulfonamides is 1. The number of thiazole rings is 1. The summed E-state index contributed by atoms with van der Waals surface area (Å²) in [5, 5.41) is 11.0. The Kier molecular flexibility index (Phi) is 6.28. The molecule has 1 amide bonds. The zero-order chi connectivity index (χ0) is 24.5. The molecule has 0 bridgehead atoms. The maximum atomic E-state index is 12.4. The molecule has 10 nitrogen and oxygen atoms in total. The number of carbonyl (C=O) groups is 1. The number of rotatable bonds is 6. The maximum absolute atomic E-state index is 12.4. The van der Waals surface area contributed by atoms with Crippen molar-refractivity contribution >= 4 is 48.8 Å². The second kappa shape index (κ2) is 9.03. The molecule has 0 aliphatic carbocycles. The van der Waals surface area contributed by atoms with Gasteiger partial charge in [0.05, 0.1) is 23.0 Å². The van der Waals surface area contributed by atoms with E-state index in [1.165, 1.54) is 11.3 Å². The van der Waals surface area contributed by atoms with Crippen LogP contribution in [0.5, 0.6) is 0 Å². The minimum absolute atomic E-state index is 0.0644. The Hall–Kier alpha value is -3.51. The average molecular weight is 502 g/mol. The standard InChI is InChI=1S/C22H23N5O5S2/c1-22(2,3)32-21(28)24-19-23-16-11-10-15(12-17(16)33-19)18-25-26-20(31-18)27(34(4,29)30)13-14-8-6-5-7-9-14/h5-12H,13H2,1-4H3,(H,23,24,28). The van der Waals surface area contributed by atoms with Crippen LogP contribution in [0, 0.1) is 0 Å². The topological polar surface area (TPSA) is 128 Å². The van der Waals surface area contributed by atoms with Gasteiger partial charge in [0, 0.05) is 5.56 Å². The summed E-state index contributed by atoms with van der Waals surface area (Å²) in [6.45, 7) is 5.40. The number of hydrogen-bond acceptors (Lipinski definition) is 9. The van der Waals surface area contributed by atoms with Gasteiger partial charge in [-0.05, 0) is 44.5 Å². The molecule has 2 aromatic carbocycles. The fourth-order valence-electron chi connectivity index (χ4n) is 3.01. The second-order valence-electron chi connectivity index (χ2n) is 8.47. The molecule has 0 fully saturated rings. The lowest BCUT2D eigenvalue weighted by Crippen LogP contribution is -2.29. The smallest absolute Gasteiger partial charge is 0.413 e. The number of anilines is 2. The third kappa shape index (κ3) is 5.69. The van der Waals surface area contributed by atoms with Crippen LogP contribution in [0.15, 0.2) is 52.9 Å². The van der Waals surface area contributed by atoms with Crippen molar-refractivity contribution in [2.75, 3.05) is 15.9 Å². The van der Waals surface area contributed by atoms with Crippen LogP contribution < -0.4 is 9.62 Å². The highest BCUT2D eigenvalue weighted by Crippen LogP contribution is 2.31. The molecule has 2 aromatic heterocycles. The van der Waals surface area contributed by atoms with Gasteiger partial charge in [-0.2, -0.15) is 0 Å². The SMILES string of the molecule is CC(C)(C)OC(=O)Nc1nc2ccc(-c3nnc(N(Cc4ccccc4)S(C)(=O)=O)o3)cc2s1. The predicted octanol–water partition coefficient (Wildman–Crippen LogP) is 4.66. The van der Waals surface area contributed by atoms with Crippen LogP contribution in [0.2, 0.25) is 0 Å². The molecule has 2 heterocycles. The van der Waals surface area contributed by atoms with E-state index < -0.39 is 21.7 Å². The summed E-state index contributed by atoms with van der Waals surface area (Å²) in [6.07, 6.45) is 0.496. The summed E-state index contributed by atoms with van der Waals surface area (Å²) < 4.78 is 37.6. The van der Waals surface area contributed by atoms with Crippen molar-refractivity contribution in [2.24, 2.45) is 0 Å². The molecule has 0 aliphatic rings. The molecule has 0 atom stereocenters. The van der Waals surface area contributed by atoms with Gasteiger partial charge in [0.15, 0.2) is 5.13 Å². The zero-order valence-electron chi connectivity index (χ0n) is 19.0. The molecule has 178 valence electrons. The van der Waals surface area contributed by atoms with E-state index in [1.807, 2.05) is 30.3 Å². The number of carbonyl (C=O) groups excluding carboxylic acids is 1. The van der Waals surface area contributed by atoms with Gasteiger partial charge >= 0.3 is 12.1 Å². The Morgan fingerprint density at radius 3 is 2.56 bits per heavy atom. The number of ether oxygens (including phenoxy) is 1. The highest BCUT2D eigenvalue weighted by Gasteiger charge is 2.24. The van der Waals surface area contributed by atoms with Crippen molar-refractivity contribution in [1.82, 2.24) is 15.2 Å². The molecule has 4 rings (SSSR count). The van der Waals surface area contributed by atoms with Gasteiger partial charge in [-0.1, -0.05) is 46.8 Å². The van der Waals surface area contributed by atoms with Gasteiger partial charge in [0.1, 0.15) is 5.60 Å². The summed E-state index contributed by atoms with van der Waals surface area (Å²) in [7, 11) is -3.66. The van der Waals surface area contributed by atoms with Gasteiger partial charge in [0.2, 0.25) is 15.9 Å². The van der Waals surface area contributed by atoms with Gasteiger partial charge in [0.25, 0.3) is 0 Å². The largest absolute Gasteiger partial charge is 0.444 e. The average Bonchev–Trinajstić information content (AvgIpc) is 3.36. The van der Waals surface area contributed by atoms with Crippen LogP contribution >= 0.6 is 11.3 Å². The summed E-state index contributed by atoms with van der Waals surface area (Å²) in [6, 6.07) is 14.3. The fourth-order valence-corrected chi connectivity index (χ4v) is 4.64. The van der Waals surface area contributed by atoms with Crippen molar-refractivity contribution in [3.8, 4) is 11.5 Å². The Morgan fingerprint density at radius 1 is 1.15 bits per heavy atom. The third-order valence-corrected chi connectivity index (χ3v) is 6.46. The molecule has 0 saturated carbocycles. The number of nitrogens with zero attached hydrogens (tertiary/aromatic N) is 4. The van der Waals surface area contributed by atoms with E-state index in [2.05, 4.69) is 20.5 Å². The fraction of sp³-hybridized carbons (Fsp3) is 0.273. The Morgan fingerprint density at radius 2 is 1.88 bits per heavy atom. The van der Waals surface area contributed by atoms with Gasteiger partial charge in [-0.25, -0.2) is 22.5 Å². The molecule has 12 heteroatoms. The van der Waals surface area contributed by atoms with Crippen LogP contribution in [0.25, 0.3) is 21.7 Å². The molecule has 34 heavy (non-hydrogen) atoms. The first-order valence-corrected chi connectivity index (χ1v) is 12.9. The van der Waals surface area contributed by atoms with E-state index in [0.29, 0.717) is 16.2 Å². The van der Waals surface area contributed by atoms with Gasteiger partial charge in [-0.3, -0.25) is 5.32 Å². The number of amides is 1. The summed E-state index contributed by atoms with van der Waals surface area (Å²) in [5.41, 5.74) is 1.42. The number of benzene rings is 2. The first kappa shape index (κ1) is 23.6. The summed E-state index contributed by atoms with van der Waals surface area (Å²) >= 11 is 1.26. The minimum atomic E-state index is -3.66. The van der Waals surface area contributed by atoms with Crippen molar-refractivity contribution in [3.63, 3.8) is 0 Å². The van der Waals surface area contributed by atoms with E-state index in [1.54, 1.807) is 39.0 Å². The molecule has 0 aliphatic heterocycles. The second-order valence-corrected chi connectivity index (χ2v) is 11.4. The van der Waals surface area contributed by atoms with Crippen LogP contribution in [-0.4, -0.2) is 41.5 Å². The number of nitrogens with one attached hydrogen (secondary N) is 1. The van der Waals surface area contributed by atoms with Crippen LogP contribution in [0.4, 0.5) is 15.9 Å². The van der Waals surface area contributed by atoms with E-state index >= 15 is 0 Å². The Labute approximate surface area is 200 Å². The molecule has 0 saturated heterocycles.